The second kappa shape index (κ2) is 9.55. The van der Waals surface area contributed by atoms with Crippen LogP contribution in [0.1, 0.15) is 30.4 Å². The minimum Gasteiger partial charge on any atom is -0.367 e. The van der Waals surface area contributed by atoms with Gasteiger partial charge in [-0.05, 0) is 42.5 Å². The van der Waals surface area contributed by atoms with E-state index in [1.807, 2.05) is 36.5 Å². The Morgan fingerprint density at radius 1 is 1.15 bits per heavy atom. The second-order valence-corrected chi connectivity index (χ2v) is 6.84. The third kappa shape index (κ3) is 5.44. The van der Waals surface area contributed by atoms with Crippen LogP contribution in [0.3, 0.4) is 0 Å². The largest absolute Gasteiger partial charge is 0.367 e. The van der Waals surface area contributed by atoms with Crippen LogP contribution in [0.5, 0.6) is 0 Å². The summed E-state index contributed by atoms with van der Waals surface area (Å²) in [7, 11) is 0. The van der Waals surface area contributed by atoms with Crippen LogP contribution in [-0.2, 0) is 22.7 Å². The number of benzene rings is 1. The molecule has 1 amide bonds. The number of anilines is 1. The third-order valence-electron chi connectivity index (χ3n) is 4.43. The van der Waals surface area contributed by atoms with Gasteiger partial charge in [0.15, 0.2) is 0 Å². The van der Waals surface area contributed by atoms with Gasteiger partial charge in [-0.15, -0.1) is 0 Å². The van der Waals surface area contributed by atoms with Crippen LogP contribution in [0.2, 0.25) is 5.02 Å². The number of aromatic nitrogens is 1. The van der Waals surface area contributed by atoms with E-state index in [0.29, 0.717) is 18.2 Å². The van der Waals surface area contributed by atoms with Gasteiger partial charge in [0.2, 0.25) is 5.91 Å². The number of nitrogens with one attached hydrogen (secondary N) is 1. The summed E-state index contributed by atoms with van der Waals surface area (Å²) in [4.78, 5) is 18.7. The number of ether oxygens (including phenoxy) is 1. The number of hydrogen-bond donors (Lipinski definition) is 1. The minimum atomic E-state index is -0.155. The number of halogens is 1. The van der Waals surface area contributed by atoms with Crippen LogP contribution in [0.4, 0.5) is 5.82 Å². The van der Waals surface area contributed by atoms with E-state index >= 15 is 0 Å². The van der Waals surface area contributed by atoms with Crippen LogP contribution in [0, 0.1) is 0 Å². The molecule has 2 aromatic rings. The average molecular weight is 374 g/mol. The first-order chi connectivity index (χ1) is 12.7. The molecule has 1 fully saturated rings. The summed E-state index contributed by atoms with van der Waals surface area (Å²) in [5, 5.41) is 3.49. The van der Waals surface area contributed by atoms with Crippen molar-refractivity contribution in [3.8, 4) is 0 Å². The molecular weight excluding hydrogens is 350 g/mol. The van der Waals surface area contributed by atoms with Crippen molar-refractivity contribution >= 4 is 23.3 Å². The van der Waals surface area contributed by atoms with E-state index in [-0.39, 0.29) is 12.5 Å². The highest BCUT2D eigenvalue weighted by molar-refractivity contribution is 6.31. The molecule has 0 radical (unpaired) electrons. The summed E-state index contributed by atoms with van der Waals surface area (Å²) in [6.07, 6.45) is 5.59. The van der Waals surface area contributed by atoms with E-state index in [1.165, 1.54) is 19.3 Å². The second-order valence-electron chi connectivity index (χ2n) is 6.43. The molecule has 0 aliphatic carbocycles. The smallest absolute Gasteiger partial charge is 0.246 e. The molecule has 2 heterocycles. The Morgan fingerprint density at radius 3 is 2.69 bits per heavy atom. The Bertz CT molecular complexity index is 715. The lowest BCUT2D eigenvalue weighted by molar-refractivity contribution is -0.126. The number of rotatable bonds is 7. The molecule has 0 bridgehead atoms. The first-order valence-electron chi connectivity index (χ1n) is 9.00. The van der Waals surface area contributed by atoms with Crippen molar-refractivity contribution in [2.75, 3.05) is 24.6 Å². The van der Waals surface area contributed by atoms with Crippen molar-refractivity contribution in [1.82, 2.24) is 10.3 Å². The molecule has 5 nitrogen and oxygen atoms in total. The van der Waals surface area contributed by atoms with Crippen molar-refractivity contribution in [3.05, 3.63) is 58.7 Å². The molecule has 6 heteroatoms. The van der Waals surface area contributed by atoms with E-state index in [9.17, 15) is 4.79 Å². The zero-order valence-electron chi connectivity index (χ0n) is 14.8. The lowest BCUT2D eigenvalue weighted by atomic mass is 10.1. The van der Waals surface area contributed by atoms with E-state index in [0.717, 1.165) is 30.0 Å². The number of hydrogen-bond acceptors (Lipinski definition) is 4. The van der Waals surface area contributed by atoms with Gasteiger partial charge < -0.3 is 15.0 Å². The zero-order valence-corrected chi connectivity index (χ0v) is 15.5. The molecule has 26 heavy (non-hydrogen) atoms. The Hall–Kier alpha value is -2.11. The number of pyridine rings is 1. The van der Waals surface area contributed by atoms with Crippen LogP contribution in [0.15, 0.2) is 42.6 Å². The molecule has 1 N–H and O–H groups in total. The summed E-state index contributed by atoms with van der Waals surface area (Å²) in [6, 6.07) is 11.5. The summed E-state index contributed by atoms with van der Waals surface area (Å²) in [5.74, 6) is 0.861. The van der Waals surface area contributed by atoms with Gasteiger partial charge in [0.25, 0.3) is 0 Å². The van der Waals surface area contributed by atoms with Crippen LogP contribution in [-0.4, -0.2) is 30.6 Å². The summed E-state index contributed by atoms with van der Waals surface area (Å²) < 4.78 is 5.43. The highest BCUT2D eigenvalue weighted by Gasteiger charge is 2.11. The Labute approximate surface area is 159 Å². The molecule has 0 atom stereocenters. The Balaban J connectivity index is 1.39. The number of carbonyl (C=O) groups is 1. The number of carbonyl (C=O) groups excluding carboxylic acids is 1. The van der Waals surface area contributed by atoms with E-state index < -0.39 is 0 Å². The molecule has 3 rings (SSSR count). The SMILES string of the molecule is O=C(COCc1ccccc1Cl)NCc1ccc(N2CCCCC2)nc1. The Kier molecular flexibility index (Phi) is 6.86. The first kappa shape index (κ1) is 18.7. The monoisotopic (exact) mass is 373 g/mol. The molecule has 1 aromatic heterocycles. The maximum absolute atomic E-state index is 11.9. The Morgan fingerprint density at radius 2 is 1.96 bits per heavy atom. The summed E-state index contributed by atoms with van der Waals surface area (Å²) in [6.45, 7) is 2.92. The van der Waals surface area contributed by atoms with Gasteiger partial charge in [0.1, 0.15) is 12.4 Å². The first-order valence-corrected chi connectivity index (χ1v) is 9.38. The maximum Gasteiger partial charge on any atom is 0.246 e. The van der Waals surface area contributed by atoms with Crippen molar-refractivity contribution in [1.29, 1.82) is 0 Å². The van der Waals surface area contributed by atoms with Crippen LogP contribution in [0.25, 0.3) is 0 Å². The van der Waals surface area contributed by atoms with Crippen molar-refractivity contribution in [2.45, 2.75) is 32.4 Å². The molecule has 138 valence electrons. The standard InChI is InChI=1S/C20H24ClN3O2/c21-18-7-3-2-6-17(18)14-26-15-20(25)23-13-16-8-9-19(22-12-16)24-10-4-1-5-11-24/h2-3,6-9,12H,1,4-5,10-11,13-15H2,(H,23,25). The molecular formula is C20H24ClN3O2. The fourth-order valence-electron chi connectivity index (χ4n) is 2.95. The van der Waals surface area contributed by atoms with E-state index in [2.05, 4.69) is 15.2 Å². The summed E-state index contributed by atoms with van der Waals surface area (Å²) in [5.41, 5.74) is 1.85. The maximum atomic E-state index is 11.9. The fourth-order valence-corrected chi connectivity index (χ4v) is 3.14. The lowest BCUT2D eigenvalue weighted by Gasteiger charge is -2.27. The van der Waals surface area contributed by atoms with E-state index in [4.69, 9.17) is 16.3 Å². The van der Waals surface area contributed by atoms with Gasteiger partial charge in [0.05, 0.1) is 6.61 Å². The average Bonchev–Trinajstić information content (AvgIpc) is 2.69. The van der Waals surface area contributed by atoms with Crippen LogP contribution < -0.4 is 10.2 Å². The highest BCUT2D eigenvalue weighted by Crippen LogP contribution is 2.17. The summed E-state index contributed by atoms with van der Waals surface area (Å²) >= 11 is 6.06. The number of nitrogens with zero attached hydrogens (tertiary/aromatic N) is 2. The van der Waals surface area contributed by atoms with Crippen molar-refractivity contribution in [2.24, 2.45) is 0 Å². The predicted octanol–water partition coefficient (Wildman–Crippen LogP) is 3.56. The van der Waals surface area contributed by atoms with Gasteiger partial charge in [-0.1, -0.05) is 35.9 Å². The topological polar surface area (TPSA) is 54.5 Å². The molecule has 1 aliphatic rings. The fraction of sp³-hybridized carbons (Fsp3) is 0.400. The quantitative estimate of drug-likeness (QED) is 0.806. The molecule has 1 aliphatic heterocycles. The van der Waals surface area contributed by atoms with Gasteiger partial charge in [0, 0.05) is 30.9 Å². The lowest BCUT2D eigenvalue weighted by Crippen LogP contribution is -2.30. The highest BCUT2D eigenvalue weighted by atomic mass is 35.5. The van der Waals surface area contributed by atoms with Gasteiger partial charge >= 0.3 is 0 Å². The van der Waals surface area contributed by atoms with E-state index in [1.54, 1.807) is 6.07 Å². The van der Waals surface area contributed by atoms with Crippen molar-refractivity contribution in [3.63, 3.8) is 0 Å². The molecule has 0 saturated carbocycles. The zero-order chi connectivity index (χ0) is 18.2. The third-order valence-corrected chi connectivity index (χ3v) is 4.80. The number of amides is 1. The normalized spacial score (nSPS) is 14.3. The number of piperidine rings is 1. The predicted molar refractivity (Wildman–Crippen MR) is 103 cm³/mol. The molecule has 1 saturated heterocycles. The molecule has 1 aromatic carbocycles. The van der Waals surface area contributed by atoms with Crippen molar-refractivity contribution < 1.29 is 9.53 Å². The molecule has 0 spiro atoms. The molecule has 0 unspecified atom stereocenters. The van der Waals surface area contributed by atoms with Gasteiger partial charge in [-0.2, -0.15) is 0 Å². The minimum absolute atomic E-state index is 0.00448. The van der Waals surface area contributed by atoms with Gasteiger partial charge in [-0.25, -0.2) is 4.98 Å². The van der Waals surface area contributed by atoms with Gasteiger partial charge in [-0.3, -0.25) is 4.79 Å². The van der Waals surface area contributed by atoms with Crippen LogP contribution >= 0.6 is 11.6 Å².